The summed E-state index contributed by atoms with van der Waals surface area (Å²) >= 11 is 0. The van der Waals surface area contributed by atoms with Gasteiger partial charge in [0, 0.05) is 45.6 Å². The molecule has 0 aliphatic carbocycles. The quantitative estimate of drug-likeness (QED) is 0.222. The molecule has 0 amide bonds. The van der Waals surface area contributed by atoms with Crippen LogP contribution in [-0.2, 0) is 11.3 Å². The van der Waals surface area contributed by atoms with Gasteiger partial charge < -0.3 is 19.9 Å². The third kappa shape index (κ3) is 10.2. The van der Waals surface area contributed by atoms with Crippen molar-refractivity contribution in [1.82, 2.24) is 15.2 Å². The van der Waals surface area contributed by atoms with E-state index in [9.17, 15) is 4.79 Å². The van der Waals surface area contributed by atoms with Gasteiger partial charge in [-0.25, -0.2) is 0 Å². The van der Waals surface area contributed by atoms with Crippen molar-refractivity contribution in [3.8, 4) is 0 Å². The molecule has 0 bridgehead atoms. The van der Waals surface area contributed by atoms with Crippen molar-refractivity contribution >= 4 is 29.9 Å². The summed E-state index contributed by atoms with van der Waals surface area (Å²) in [6.07, 6.45) is 5.01. The van der Waals surface area contributed by atoms with Gasteiger partial charge in [-0.05, 0) is 38.2 Å². The van der Waals surface area contributed by atoms with Crippen LogP contribution in [0.3, 0.4) is 0 Å². The molecule has 1 heterocycles. The highest BCUT2D eigenvalue weighted by Gasteiger charge is 2.12. The Morgan fingerprint density at radius 2 is 1.96 bits per heavy atom. The number of aromatic nitrogens is 1. The Bertz CT molecular complexity index is 560. The average Bonchev–Trinajstić information content (AvgIpc) is 2.60. The molecule has 1 aromatic heterocycles. The largest absolute Gasteiger partial charge is 0.378 e. The zero-order chi connectivity index (χ0) is 18.5. The molecule has 0 saturated heterocycles. The Balaban J connectivity index is 0.00000625. The average molecular weight is 478 g/mol. The fraction of sp³-hybridized carbons (Fsp3) is 0.684. The number of rotatable bonds is 11. The number of aliphatic imine (C=N–C) groups is 1. The Hall–Kier alpha value is -1.09. The van der Waals surface area contributed by atoms with E-state index in [1.54, 1.807) is 23.7 Å². The van der Waals surface area contributed by atoms with Gasteiger partial charge in [-0.2, -0.15) is 0 Å². The van der Waals surface area contributed by atoms with Crippen molar-refractivity contribution in [3.05, 3.63) is 34.7 Å². The molecule has 0 aliphatic rings. The monoisotopic (exact) mass is 478 g/mol. The lowest BCUT2D eigenvalue weighted by molar-refractivity contribution is 0.0258. The van der Waals surface area contributed by atoms with E-state index in [1.165, 1.54) is 0 Å². The summed E-state index contributed by atoms with van der Waals surface area (Å²) in [5.74, 6) is 1.33. The van der Waals surface area contributed by atoms with Crippen LogP contribution in [0, 0.1) is 5.92 Å². The number of nitrogens with zero attached hydrogens (tertiary/aromatic N) is 2. The molecule has 0 aliphatic heterocycles. The third-order valence-corrected chi connectivity index (χ3v) is 4.09. The van der Waals surface area contributed by atoms with Crippen LogP contribution in [0.1, 0.15) is 40.0 Å². The van der Waals surface area contributed by atoms with Gasteiger partial charge in [0.15, 0.2) is 5.96 Å². The predicted molar refractivity (Wildman–Crippen MR) is 120 cm³/mol. The molecule has 1 unspecified atom stereocenters. The Labute approximate surface area is 174 Å². The summed E-state index contributed by atoms with van der Waals surface area (Å²) < 4.78 is 7.50. The predicted octanol–water partition coefficient (Wildman–Crippen LogP) is 2.86. The summed E-state index contributed by atoms with van der Waals surface area (Å²) in [5, 5.41) is 6.65. The second-order valence-electron chi connectivity index (χ2n) is 6.39. The fourth-order valence-corrected chi connectivity index (χ4v) is 2.64. The minimum Gasteiger partial charge on any atom is -0.378 e. The molecule has 0 radical (unpaired) electrons. The van der Waals surface area contributed by atoms with Crippen LogP contribution in [-0.4, -0.2) is 43.4 Å². The smallest absolute Gasteiger partial charge is 0.250 e. The number of pyridine rings is 1. The van der Waals surface area contributed by atoms with Crippen molar-refractivity contribution in [3.63, 3.8) is 0 Å². The van der Waals surface area contributed by atoms with Crippen LogP contribution < -0.4 is 16.2 Å². The standard InChI is InChI=1S/C19H34N4O2.HI/c1-5-25-17(16(2)3)11-13-22-19(20-4)21-12-7-9-15-23-14-8-6-10-18(23)24;/h6,8,10,14,16-17H,5,7,9,11-13,15H2,1-4H3,(H2,20,21,22);1H. The van der Waals surface area contributed by atoms with Crippen LogP contribution >= 0.6 is 24.0 Å². The number of halogens is 1. The van der Waals surface area contributed by atoms with Crippen LogP contribution in [0.25, 0.3) is 0 Å². The van der Waals surface area contributed by atoms with E-state index in [0.717, 1.165) is 51.5 Å². The second kappa shape index (κ2) is 15.0. The number of ether oxygens (including phenoxy) is 1. The van der Waals surface area contributed by atoms with Gasteiger partial charge in [0.25, 0.3) is 0 Å². The van der Waals surface area contributed by atoms with Crippen LogP contribution in [0.15, 0.2) is 34.2 Å². The van der Waals surface area contributed by atoms with Gasteiger partial charge >= 0.3 is 0 Å². The van der Waals surface area contributed by atoms with Crippen molar-refractivity contribution < 1.29 is 4.74 Å². The normalized spacial score (nSPS) is 12.6. The van der Waals surface area contributed by atoms with Gasteiger partial charge in [0.1, 0.15) is 0 Å². The van der Waals surface area contributed by atoms with Crippen LogP contribution in [0.5, 0.6) is 0 Å². The minimum absolute atomic E-state index is 0. The molecule has 2 N–H and O–H groups in total. The molecular formula is C19H35IN4O2. The topological polar surface area (TPSA) is 67.7 Å². The van der Waals surface area contributed by atoms with Gasteiger partial charge in [0.2, 0.25) is 5.56 Å². The Morgan fingerprint density at radius 3 is 2.58 bits per heavy atom. The summed E-state index contributed by atoms with van der Waals surface area (Å²) in [4.78, 5) is 15.9. The van der Waals surface area contributed by atoms with Crippen molar-refractivity contribution in [1.29, 1.82) is 0 Å². The minimum atomic E-state index is 0. The molecular weight excluding hydrogens is 443 g/mol. The molecule has 6 nitrogen and oxygen atoms in total. The van der Waals surface area contributed by atoms with Crippen molar-refractivity contribution in [2.75, 3.05) is 26.7 Å². The molecule has 0 aromatic carbocycles. The summed E-state index contributed by atoms with van der Waals surface area (Å²) in [6, 6.07) is 5.25. The van der Waals surface area contributed by atoms with Crippen molar-refractivity contribution in [2.45, 2.75) is 52.7 Å². The first-order chi connectivity index (χ1) is 12.1. The number of hydrogen-bond donors (Lipinski definition) is 2. The zero-order valence-electron chi connectivity index (χ0n) is 16.5. The molecule has 26 heavy (non-hydrogen) atoms. The third-order valence-electron chi connectivity index (χ3n) is 4.09. The molecule has 1 aromatic rings. The summed E-state index contributed by atoms with van der Waals surface area (Å²) in [5.41, 5.74) is 0.0574. The van der Waals surface area contributed by atoms with E-state index in [2.05, 4.69) is 29.5 Å². The van der Waals surface area contributed by atoms with Gasteiger partial charge in [-0.3, -0.25) is 9.79 Å². The molecule has 0 fully saturated rings. The Kier molecular flexibility index (Phi) is 14.4. The highest BCUT2D eigenvalue weighted by atomic mass is 127. The van der Waals surface area contributed by atoms with Crippen LogP contribution in [0.4, 0.5) is 0 Å². The number of hydrogen-bond acceptors (Lipinski definition) is 3. The number of unbranched alkanes of at least 4 members (excludes halogenated alkanes) is 1. The number of guanidine groups is 1. The molecule has 150 valence electrons. The number of nitrogens with one attached hydrogen (secondary N) is 2. The first-order valence-electron chi connectivity index (χ1n) is 9.30. The molecule has 1 atom stereocenters. The van der Waals surface area contributed by atoms with Gasteiger partial charge in [0.05, 0.1) is 6.10 Å². The van der Waals surface area contributed by atoms with E-state index in [-0.39, 0.29) is 35.6 Å². The number of aryl methyl sites for hydroxylation is 1. The lowest BCUT2D eigenvalue weighted by Crippen LogP contribution is -2.39. The molecule has 7 heteroatoms. The maximum atomic E-state index is 11.6. The lowest BCUT2D eigenvalue weighted by atomic mass is 10.0. The van der Waals surface area contributed by atoms with Crippen molar-refractivity contribution in [2.24, 2.45) is 10.9 Å². The second-order valence-corrected chi connectivity index (χ2v) is 6.39. The molecule has 1 rings (SSSR count). The maximum absolute atomic E-state index is 11.6. The summed E-state index contributed by atoms with van der Waals surface area (Å²) in [6.45, 7) is 9.57. The summed E-state index contributed by atoms with van der Waals surface area (Å²) in [7, 11) is 1.78. The first kappa shape index (κ1) is 24.9. The molecule has 0 saturated carbocycles. The van der Waals surface area contributed by atoms with E-state index in [1.807, 2.05) is 19.2 Å². The van der Waals surface area contributed by atoms with E-state index in [0.29, 0.717) is 5.92 Å². The van der Waals surface area contributed by atoms with Crippen LogP contribution in [0.2, 0.25) is 0 Å². The fourth-order valence-electron chi connectivity index (χ4n) is 2.64. The van der Waals surface area contributed by atoms with Gasteiger partial charge in [-0.15, -0.1) is 24.0 Å². The first-order valence-corrected chi connectivity index (χ1v) is 9.30. The lowest BCUT2D eigenvalue weighted by Gasteiger charge is -2.21. The highest BCUT2D eigenvalue weighted by Crippen LogP contribution is 2.09. The zero-order valence-corrected chi connectivity index (χ0v) is 18.9. The SMILES string of the molecule is CCOC(CCNC(=NC)NCCCCn1ccccc1=O)C(C)C.I. The molecule has 0 spiro atoms. The Morgan fingerprint density at radius 1 is 1.23 bits per heavy atom. The van der Waals surface area contributed by atoms with E-state index in [4.69, 9.17) is 4.74 Å². The van der Waals surface area contributed by atoms with Gasteiger partial charge in [-0.1, -0.05) is 19.9 Å². The maximum Gasteiger partial charge on any atom is 0.250 e. The highest BCUT2D eigenvalue weighted by molar-refractivity contribution is 14.0. The van der Waals surface area contributed by atoms with E-state index < -0.39 is 0 Å². The van der Waals surface area contributed by atoms with E-state index >= 15 is 0 Å².